The minimum absolute atomic E-state index is 0.273. The summed E-state index contributed by atoms with van der Waals surface area (Å²) in [5, 5.41) is 6.38. The van der Waals surface area contributed by atoms with Gasteiger partial charge < -0.3 is 14.6 Å². The molecular weight excluding hydrogens is 364 g/mol. The van der Waals surface area contributed by atoms with Crippen LogP contribution >= 0.6 is 11.3 Å². The Kier molecular flexibility index (Phi) is 5.71. The molecule has 1 unspecified atom stereocenters. The molecule has 1 amide bonds. The number of esters is 1. The summed E-state index contributed by atoms with van der Waals surface area (Å²) < 4.78 is 10.5. The van der Waals surface area contributed by atoms with Gasteiger partial charge in [0.2, 0.25) is 6.10 Å². The Balaban J connectivity index is 1.83. The van der Waals surface area contributed by atoms with Gasteiger partial charge in [0, 0.05) is 16.5 Å². The van der Waals surface area contributed by atoms with Crippen LogP contribution in [-0.4, -0.2) is 17.0 Å². The van der Waals surface area contributed by atoms with Crippen molar-refractivity contribution in [2.45, 2.75) is 33.3 Å². The molecule has 1 aromatic carbocycles. The van der Waals surface area contributed by atoms with Gasteiger partial charge in [0.15, 0.2) is 5.82 Å². The maximum atomic E-state index is 12.8. The van der Waals surface area contributed by atoms with Crippen molar-refractivity contribution in [2.24, 2.45) is 0 Å². The summed E-state index contributed by atoms with van der Waals surface area (Å²) in [7, 11) is 0. The minimum Gasteiger partial charge on any atom is -0.443 e. The average Bonchev–Trinajstić information content (AvgIpc) is 3.25. The van der Waals surface area contributed by atoms with E-state index in [9.17, 15) is 9.59 Å². The SMILES string of the molecule is CCc1cc(C(=O)OC(C(=O)Nc2cc(C)on2)c2ccccc2)sc1C. The van der Waals surface area contributed by atoms with Crippen molar-refractivity contribution in [3.63, 3.8) is 0 Å². The van der Waals surface area contributed by atoms with E-state index < -0.39 is 18.0 Å². The zero-order valence-electron chi connectivity index (χ0n) is 15.3. The maximum absolute atomic E-state index is 12.8. The van der Waals surface area contributed by atoms with Crippen LogP contribution in [0.25, 0.3) is 0 Å². The van der Waals surface area contributed by atoms with Gasteiger partial charge in [-0.25, -0.2) is 4.79 Å². The molecule has 0 aliphatic carbocycles. The average molecular weight is 384 g/mol. The van der Waals surface area contributed by atoms with Crippen LogP contribution in [0.4, 0.5) is 5.82 Å². The third kappa shape index (κ3) is 4.43. The molecule has 27 heavy (non-hydrogen) atoms. The van der Waals surface area contributed by atoms with Crippen LogP contribution < -0.4 is 5.32 Å². The molecule has 2 aromatic heterocycles. The van der Waals surface area contributed by atoms with Crippen LogP contribution in [-0.2, 0) is 16.0 Å². The minimum atomic E-state index is -1.09. The summed E-state index contributed by atoms with van der Waals surface area (Å²) in [6, 6.07) is 12.3. The molecule has 0 spiro atoms. The Morgan fingerprint density at radius 3 is 2.56 bits per heavy atom. The number of hydrogen-bond donors (Lipinski definition) is 1. The Labute approximate surface area is 161 Å². The first-order valence-electron chi connectivity index (χ1n) is 8.57. The van der Waals surface area contributed by atoms with Crippen LogP contribution in [0.1, 0.15) is 44.5 Å². The van der Waals surface area contributed by atoms with E-state index in [2.05, 4.69) is 10.5 Å². The summed E-state index contributed by atoms with van der Waals surface area (Å²) in [4.78, 5) is 27.0. The zero-order chi connectivity index (χ0) is 19.4. The van der Waals surface area contributed by atoms with Crippen LogP contribution in [0.2, 0.25) is 0 Å². The van der Waals surface area contributed by atoms with Crippen LogP contribution in [0.15, 0.2) is 47.0 Å². The lowest BCUT2D eigenvalue weighted by Crippen LogP contribution is -2.25. The summed E-state index contributed by atoms with van der Waals surface area (Å²) >= 11 is 1.37. The highest BCUT2D eigenvalue weighted by Crippen LogP contribution is 2.26. The van der Waals surface area contributed by atoms with Crippen molar-refractivity contribution in [3.8, 4) is 0 Å². The van der Waals surface area contributed by atoms with Gasteiger partial charge in [-0.1, -0.05) is 42.4 Å². The molecular formula is C20H20N2O4S. The maximum Gasteiger partial charge on any atom is 0.349 e. The number of nitrogens with zero attached hydrogens (tertiary/aromatic N) is 1. The number of benzene rings is 1. The molecule has 0 radical (unpaired) electrons. The fraction of sp³-hybridized carbons (Fsp3) is 0.250. The van der Waals surface area contributed by atoms with E-state index in [-0.39, 0.29) is 5.82 Å². The Bertz CT molecular complexity index is 946. The van der Waals surface area contributed by atoms with E-state index in [0.717, 1.165) is 16.9 Å². The highest BCUT2D eigenvalue weighted by molar-refractivity contribution is 7.14. The molecule has 1 N–H and O–H groups in total. The van der Waals surface area contributed by atoms with Gasteiger partial charge >= 0.3 is 5.97 Å². The van der Waals surface area contributed by atoms with Crippen molar-refractivity contribution in [1.82, 2.24) is 5.16 Å². The number of thiophene rings is 1. The molecule has 0 saturated heterocycles. The normalized spacial score (nSPS) is 11.8. The van der Waals surface area contributed by atoms with Crippen molar-refractivity contribution >= 4 is 29.0 Å². The molecule has 0 bridgehead atoms. The summed E-state index contributed by atoms with van der Waals surface area (Å²) in [6.07, 6.45) is -0.257. The molecule has 3 aromatic rings. The summed E-state index contributed by atoms with van der Waals surface area (Å²) in [5.41, 5.74) is 1.68. The second kappa shape index (κ2) is 8.18. The molecule has 1 atom stereocenters. The number of ether oxygens (including phenoxy) is 1. The Morgan fingerprint density at radius 1 is 1.22 bits per heavy atom. The molecule has 2 heterocycles. The number of carbonyl (C=O) groups is 2. The largest absolute Gasteiger partial charge is 0.443 e. The van der Waals surface area contributed by atoms with Gasteiger partial charge in [-0.2, -0.15) is 0 Å². The molecule has 7 heteroatoms. The molecule has 0 aliphatic rings. The van der Waals surface area contributed by atoms with E-state index in [1.54, 1.807) is 37.3 Å². The van der Waals surface area contributed by atoms with Crippen molar-refractivity contribution in [1.29, 1.82) is 0 Å². The molecule has 140 valence electrons. The summed E-state index contributed by atoms with van der Waals surface area (Å²) in [6.45, 7) is 5.72. The smallest absolute Gasteiger partial charge is 0.349 e. The third-order valence-electron chi connectivity index (χ3n) is 4.05. The predicted molar refractivity (Wildman–Crippen MR) is 103 cm³/mol. The van der Waals surface area contributed by atoms with Gasteiger partial charge in [0.1, 0.15) is 10.6 Å². The van der Waals surface area contributed by atoms with E-state index in [4.69, 9.17) is 9.26 Å². The quantitative estimate of drug-likeness (QED) is 0.635. The van der Waals surface area contributed by atoms with E-state index in [1.807, 2.05) is 26.0 Å². The lowest BCUT2D eigenvalue weighted by molar-refractivity contribution is -0.125. The number of aryl methyl sites for hydroxylation is 3. The number of anilines is 1. The summed E-state index contributed by atoms with van der Waals surface area (Å²) in [5.74, 6) is -0.176. The second-order valence-corrected chi connectivity index (χ2v) is 7.31. The second-order valence-electron chi connectivity index (χ2n) is 6.05. The highest BCUT2D eigenvalue weighted by atomic mass is 32.1. The number of carbonyl (C=O) groups excluding carboxylic acids is 2. The number of amides is 1. The van der Waals surface area contributed by atoms with Gasteiger partial charge in [0.25, 0.3) is 5.91 Å². The van der Waals surface area contributed by atoms with Crippen LogP contribution in [0.3, 0.4) is 0 Å². The number of hydrogen-bond acceptors (Lipinski definition) is 6. The van der Waals surface area contributed by atoms with Crippen LogP contribution in [0, 0.1) is 13.8 Å². The predicted octanol–water partition coefficient (Wildman–Crippen LogP) is 4.45. The van der Waals surface area contributed by atoms with E-state index in [0.29, 0.717) is 16.2 Å². The molecule has 3 rings (SSSR count). The standard InChI is InChI=1S/C20H20N2O4S/c1-4-14-11-16(27-13(14)3)20(24)25-18(15-8-6-5-7-9-15)19(23)21-17-10-12(2)26-22-17/h5-11,18H,4H2,1-3H3,(H,21,22,23). The van der Waals surface area contributed by atoms with Gasteiger partial charge in [0.05, 0.1) is 0 Å². The monoisotopic (exact) mass is 384 g/mol. The van der Waals surface area contributed by atoms with E-state index in [1.165, 1.54) is 11.3 Å². The van der Waals surface area contributed by atoms with Gasteiger partial charge in [-0.05, 0) is 31.9 Å². The first kappa shape index (κ1) is 18.8. The lowest BCUT2D eigenvalue weighted by atomic mass is 10.1. The Hall–Kier alpha value is -2.93. The first-order valence-corrected chi connectivity index (χ1v) is 9.39. The topological polar surface area (TPSA) is 81.4 Å². The van der Waals surface area contributed by atoms with Crippen molar-refractivity contribution in [2.75, 3.05) is 5.32 Å². The molecule has 0 saturated carbocycles. The lowest BCUT2D eigenvalue weighted by Gasteiger charge is -2.16. The zero-order valence-corrected chi connectivity index (χ0v) is 16.1. The van der Waals surface area contributed by atoms with Crippen molar-refractivity contribution in [3.05, 3.63) is 69.1 Å². The van der Waals surface area contributed by atoms with E-state index >= 15 is 0 Å². The molecule has 6 nitrogen and oxygen atoms in total. The number of nitrogens with one attached hydrogen (secondary N) is 1. The third-order valence-corrected chi connectivity index (χ3v) is 5.12. The number of rotatable bonds is 6. The Morgan fingerprint density at radius 2 is 1.96 bits per heavy atom. The first-order chi connectivity index (χ1) is 13.0. The van der Waals surface area contributed by atoms with Gasteiger partial charge in [-0.3, -0.25) is 4.79 Å². The van der Waals surface area contributed by atoms with Crippen LogP contribution in [0.5, 0.6) is 0 Å². The number of aromatic nitrogens is 1. The van der Waals surface area contributed by atoms with Crippen molar-refractivity contribution < 1.29 is 18.8 Å². The molecule has 0 aliphatic heterocycles. The molecule has 0 fully saturated rings. The fourth-order valence-electron chi connectivity index (χ4n) is 2.65. The highest BCUT2D eigenvalue weighted by Gasteiger charge is 2.27. The van der Waals surface area contributed by atoms with Gasteiger partial charge in [-0.15, -0.1) is 11.3 Å². The fourth-order valence-corrected chi connectivity index (χ4v) is 3.65.